The first kappa shape index (κ1) is 20.3. The van der Waals surface area contributed by atoms with Gasteiger partial charge in [0.15, 0.2) is 0 Å². The summed E-state index contributed by atoms with van der Waals surface area (Å²) in [5.41, 5.74) is 13.0. The average Bonchev–Trinajstić information content (AvgIpc) is 2.89. The van der Waals surface area contributed by atoms with Gasteiger partial charge in [0.25, 0.3) is 0 Å². The minimum Gasteiger partial charge on any atom is -0.352 e. The summed E-state index contributed by atoms with van der Waals surface area (Å²) in [7, 11) is 0. The van der Waals surface area contributed by atoms with E-state index in [-0.39, 0.29) is 30.2 Å². The summed E-state index contributed by atoms with van der Waals surface area (Å²) in [6, 6.07) is 6.70. The number of nitrogens with two attached hydrogens (primary N) is 2. The highest BCUT2D eigenvalue weighted by atomic mass is 35.5. The van der Waals surface area contributed by atoms with E-state index < -0.39 is 12.1 Å². The smallest absolute Gasteiger partial charge is 0.312 e. The third-order valence-corrected chi connectivity index (χ3v) is 4.54. The molecule has 0 aliphatic carbocycles. The fourth-order valence-electron chi connectivity index (χ4n) is 3.02. The van der Waals surface area contributed by atoms with Gasteiger partial charge >= 0.3 is 6.03 Å². The number of benzene rings is 1. The molecule has 134 valence electrons. The Labute approximate surface area is 149 Å². The van der Waals surface area contributed by atoms with Crippen molar-refractivity contribution in [1.82, 2.24) is 10.2 Å². The molecule has 0 radical (unpaired) electrons. The Morgan fingerprint density at radius 3 is 2.67 bits per heavy atom. The number of amides is 3. The van der Waals surface area contributed by atoms with Gasteiger partial charge in [0, 0.05) is 13.1 Å². The van der Waals surface area contributed by atoms with E-state index in [0.717, 1.165) is 17.5 Å². The lowest BCUT2D eigenvalue weighted by Crippen LogP contribution is -2.39. The van der Waals surface area contributed by atoms with Crippen LogP contribution < -0.4 is 16.8 Å². The van der Waals surface area contributed by atoms with Crippen molar-refractivity contribution < 1.29 is 9.59 Å². The number of rotatable bonds is 5. The van der Waals surface area contributed by atoms with Gasteiger partial charge in [0.1, 0.15) is 0 Å². The van der Waals surface area contributed by atoms with Crippen molar-refractivity contribution in [3.63, 3.8) is 0 Å². The number of nitrogens with one attached hydrogen (secondary N) is 1. The maximum Gasteiger partial charge on any atom is 0.312 e. The maximum absolute atomic E-state index is 12.6. The molecule has 1 aliphatic heterocycles. The molecule has 5 N–H and O–H groups in total. The van der Waals surface area contributed by atoms with E-state index in [1.807, 2.05) is 36.1 Å². The van der Waals surface area contributed by atoms with E-state index >= 15 is 0 Å². The van der Waals surface area contributed by atoms with Crippen LogP contribution in [0.5, 0.6) is 0 Å². The molecule has 2 atom stereocenters. The second-order valence-electron chi connectivity index (χ2n) is 6.76. The molecule has 0 aromatic heterocycles. The molecule has 6 nitrogen and oxygen atoms in total. The van der Waals surface area contributed by atoms with E-state index in [1.165, 1.54) is 0 Å². The minimum atomic E-state index is -0.627. The first-order chi connectivity index (χ1) is 10.8. The number of aryl methyl sites for hydroxylation is 1. The molecular formula is C17H27ClN4O2. The molecule has 0 spiro atoms. The zero-order valence-electron chi connectivity index (χ0n) is 14.2. The maximum atomic E-state index is 12.6. The molecular weight excluding hydrogens is 328 g/mol. The summed E-state index contributed by atoms with van der Waals surface area (Å²) in [4.78, 5) is 25.7. The zero-order valence-corrected chi connectivity index (χ0v) is 15.1. The van der Waals surface area contributed by atoms with Crippen molar-refractivity contribution in [2.75, 3.05) is 19.6 Å². The normalized spacial score (nSPS) is 21.0. The van der Waals surface area contributed by atoms with Crippen LogP contribution in [0.2, 0.25) is 0 Å². The summed E-state index contributed by atoms with van der Waals surface area (Å²) in [6.45, 7) is 6.01. The van der Waals surface area contributed by atoms with Crippen LogP contribution in [0.15, 0.2) is 24.3 Å². The number of carbonyl (C=O) groups excluding carboxylic acids is 2. The van der Waals surface area contributed by atoms with Crippen LogP contribution in [-0.2, 0) is 4.79 Å². The Hall–Kier alpha value is -1.79. The zero-order chi connectivity index (χ0) is 17.0. The lowest BCUT2D eigenvalue weighted by Gasteiger charge is -2.25. The van der Waals surface area contributed by atoms with Crippen molar-refractivity contribution in [1.29, 1.82) is 0 Å². The quantitative estimate of drug-likeness (QED) is 0.750. The van der Waals surface area contributed by atoms with Gasteiger partial charge in [0.05, 0.1) is 12.5 Å². The minimum absolute atomic E-state index is 0. The van der Waals surface area contributed by atoms with Crippen LogP contribution in [0.3, 0.4) is 0 Å². The highest BCUT2D eigenvalue weighted by Crippen LogP contribution is 2.30. The predicted octanol–water partition coefficient (Wildman–Crippen LogP) is 1.71. The third kappa shape index (κ3) is 5.11. The van der Waals surface area contributed by atoms with Crippen LogP contribution in [0.4, 0.5) is 4.79 Å². The second kappa shape index (κ2) is 8.35. The third-order valence-electron chi connectivity index (χ3n) is 4.54. The molecule has 1 heterocycles. The molecule has 1 saturated heterocycles. The van der Waals surface area contributed by atoms with Gasteiger partial charge in [-0.15, -0.1) is 12.4 Å². The van der Waals surface area contributed by atoms with Crippen molar-refractivity contribution in [3.05, 3.63) is 35.4 Å². The van der Waals surface area contributed by atoms with E-state index in [9.17, 15) is 9.59 Å². The van der Waals surface area contributed by atoms with Gasteiger partial charge in [-0.3, -0.25) is 4.79 Å². The van der Waals surface area contributed by atoms with E-state index in [1.54, 1.807) is 0 Å². The highest BCUT2D eigenvalue weighted by Gasteiger charge is 2.35. The molecule has 0 bridgehead atoms. The summed E-state index contributed by atoms with van der Waals surface area (Å²) in [6.07, 6.45) is 1.11. The lowest BCUT2D eigenvalue weighted by molar-refractivity contribution is -0.131. The fraction of sp³-hybridized carbons (Fsp3) is 0.529. The van der Waals surface area contributed by atoms with Gasteiger partial charge in [-0.05, 0) is 30.9 Å². The largest absolute Gasteiger partial charge is 0.352 e. The first-order valence-corrected chi connectivity index (χ1v) is 7.93. The molecule has 1 aromatic carbocycles. The van der Waals surface area contributed by atoms with Crippen molar-refractivity contribution in [2.45, 2.75) is 32.7 Å². The average molecular weight is 355 g/mol. The van der Waals surface area contributed by atoms with E-state index in [2.05, 4.69) is 12.2 Å². The van der Waals surface area contributed by atoms with E-state index in [0.29, 0.717) is 19.6 Å². The first-order valence-electron chi connectivity index (χ1n) is 7.93. The molecule has 0 saturated carbocycles. The molecule has 1 fully saturated rings. The van der Waals surface area contributed by atoms with Gasteiger partial charge < -0.3 is 21.7 Å². The Bertz CT molecular complexity index is 596. The number of likely N-dealkylation sites (tertiary alicyclic amines) is 1. The second-order valence-corrected chi connectivity index (χ2v) is 6.76. The molecule has 7 heteroatoms. The Kier molecular flexibility index (Phi) is 7.05. The number of halogens is 1. The van der Waals surface area contributed by atoms with E-state index in [4.69, 9.17) is 11.5 Å². The molecule has 24 heavy (non-hydrogen) atoms. The van der Waals surface area contributed by atoms with Gasteiger partial charge in [-0.2, -0.15) is 0 Å². The number of primary amides is 1. The fourth-order valence-corrected chi connectivity index (χ4v) is 3.02. The number of hydrogen-bond acceptors (Lipinski definition) is 3. The lowest BCUT2D eigenvalue weighted by atomic mass is 9.90. The van der Waals surface area contributed by atoms with Crippen LogP contribution in [-0.4, -0.2) is 36.5 Å². The van der Waals surface area contributed by atoms with Crippen molar-refractivity contribution in [3.8, 4) is 0 Å². The molecule has 2 rings (SSSR count). The van der Waals surface area contributed by atoms with Crippen LogP contribution in [0, 0.1) is 12.3 Å². The number of carbonyl (C=O) groups is 2. The van der Waals surface area contributed by atoms with Gasteiger partial charge in [0.2, 0.25) is 5.91 Å². The summed E-state index contributed by atoms with van der Waals surface area (Å²) < 4.78 is 0. The van der Waals surface area contributed by atoms with Crippen LogP contribution in [0.1, 0.15) is 36.9 Å². The Morgan fingerprint density at radius 1 is 1.42 bits per heavy atom. The summed E-state index contributed by atoms with van der Waals surface area (Å²) >= 11 is 0. The predicted molar refractivity (Wildman–Crippen MR) is 96.9 cm³/mol. The van der Waals surface area contributed by atoms with Crippen LogP contribution in [0.25, 0.3) is 0 Å². The summed E-state index contributed by atoms with van der Waals surface area (Å²) in [5.74, 6) is 0.0161. The number of nitrogens with zero attached hydrogens (tertiary/aromatic N) is 1. The standard InChI is InChI=1S/C17H26N4O2.ClH/c1-12-4-3-5-13(8-12)14(20-16(19)23)9-15(22)21-7-6-17(2,10-18)11-21;/h3-5,8,14H,6-7,9-11,18H2,1-2H3,(H3,19,20,23);1H. The monoisotopic (exact) mass is 354 g/mol. The number of urea groups is 1. The van der Waals surface area contributed by atoms with Gasteiger partial charge in [-0.25, -0.2) is 4.79 Å². The Morgan fingerprint density at radius 2 is 2.12 bits per heavy atom. The number of hydrogen-bond donors (Lipinski definition) is 3. The topological polar surface area (TPSA) is 101 Å². The highest BCUT2D eigenvalue weighted by molar-refractivity contribution is 5.85. The van der Waals surface area contributed by atoms with Crippen molar-refractivity contribution in [2.24, 2.45) is 16.9 Å². The molecule has 1 aliphatic rings. The molecule has 2 unspecified atom stereocenters. The molecule has 3 amide bonds. The molecule has 1 aromatic rings. The van der Waals surface area contributed by atoms with Gasteiger partial charge in [-0.1, -0.05) is 36.8 Å². The van der Waals surface area contributed by atoms with Crippen LogP contribution >= 0.6 is 12.4 Å². The van der Waals surface area contributed by atoms with Crippen molar-refractivity contribution >= 4 is 24.3 Å². The Balaban J connectivity index is 0.00000288. The summed E-state index contributed by atoms with van der Waals surface area (Å²) in [5, 5.41) is 2.68. The SMILES string of the molecule is Cc1cccc(C(CC(=O)N2CCC(C)(CN)C2)NC(N)=O)c1.Cl.